The van der Waals surface area contributed by atoms with E-state index in [1.54, 1.807) is 18.3 Å². The van der Waals surface area contributed by atoms with Crippen molar-refractivity contribution < 1.29 is 19.0 Å². The number of hydrogen-bond acceptors (Lipinski definition) is 6. The van der Waals surface area contributed by atoms with Crippen LogP contribution in [0.5, 0.6) is 11.9 Å². The minimum absolute atomic E-state index is 0.193. The van der Waals surface area contributed by atoms with Crippen LogP contribution in [0.15, 0.2) is 24.4 Å². The average molecular weight is 309 g/mol. The highest BCUT2D eigenvalue weighted by molar-refractivity contribution is 6.33. The summed E-state index contributed by atoms with van der Waals surface area (Å²) in [5, 5.41) is 0.366. The number of esters is 1. The molecule has 0 radical (unpaired) electrons. The van der Waals surface area contributed by atoms with E-state index in [4.69, 9.17) is 21.1 Å². The standard InChI is InChI=1S/C14H13ClN2O4/c1-19-12-10(7-16-14(17-12)21-3)9-5-4-8(6-11(9)15)13(18)20-2/h4-7H,1-3H3. The molecule has 0 aliphatic rings. The summed E-state index contributed by atoms with van der Waals surface area (Å²) < 4.78 is 14.8. The van der Waals surface area contributed by atoms with E-state index in [-0.39, 0.29) is 6.01 Å². The van der Waals surface area contributed by atoms with Crippen molar-refractivity contribution in [2.45, 2.75) is 0 Å². The molecule has 0 fully saturated rings. The van der Waals surface area contributed by atoms with Crippen molar-refractivity contribution >= 4 is 17.6 Å². The summed E-state index contributed by atoms with van der Waals surface area (Å²) in [6, 6.07) is 5.00. The largest absolute Gasteiger partial charge is 0.480 e. The second kappa shape index (κ2) is 6.41. The molecule has 7 heteroatoms. The van der Waals surface area contributed by atoms with Crippen LogP contribution in [0.25, 0.3) is 11.1 Å². The van der Waals surface area contributed by atoms with Gasteiger partial charge in [-0.05, 0) is 12.1 Å². The molecule has 1 heterocycles. The molecule has 2 aromatic rings. The molecular formula is C14H13ClN2O4. The molecule has 1 aromatic heterocycles. The third-order valence-electron chi connectivity index (χ3n) is 2.79. The maximum atomic E-state index is 11.5. The molecule has 0 aliphatic heterocycles. The molecule has 6 nitrogen and oxygen atoms in total. The van der Waals surface area contributed by atoms with E-state index in [2.05, 4.69) is 14.7 Å². The molecule has 0 bridgehead atoms. The molecule has 0 N–H and O–H groups in total. The van der Waals surface area contributed by atoms with E-state index >= 15 is 0 Å². The third kappa shape index (κ3) is 3.05. The number of carbonyl (C=O) groups excluding carboxylic acids is 1. The van der Waals surface area contributed by atoms with Gasteiger partial charge in [-0.25, -0.2) is 9.78 Å². The monoisotopic (exact) mass is 308 g/mol. The highest BCUT2D eigenvalue weighted by atomic mass is 35.5. The highest BCUT2D eigenvalue weighted by Crippen LogP contribution is 2.34. The van der Waals surface area contributed by atoms with Gasteiger partial charge in [0.05, 0.1) is 32.5 Å². The van der Waals surface area contributed by atoms with Crippen molar-refractivity contribution in [3.63, 3.8) is 0 Å². The number of rotatable bonds is 4. The second-order valence-electron chi connectivity index (χ2n) is 3.97. The van der Waals surface area contributed by atoms with Crippen LogP contribution in [-0.2, 0) is 4.74 Å². The van der Waals surface area contributed by atoms with Crippen LogP contribution in [0.1, 0.15) is 10.4 Å². The topological polar surface area (TPSA) is 70.5 Å². The Kier molecular flexibility index (Phi) is 4.59. The SMILES string of the molecule is COC(=O)c1ccc(-c2cnc(OC)nc2OC)c(Cl)c1. The predicted octanol–water partition coefficient (Wildman–Crippen LogP) is 2.60. The lowest BCUT2D eigenvalue weighted by Gasteiger charge is -2.10. The lowest BCUT2D eigenvalue weighted by atomic mass is 10.1. The number of methoxy groups -OCH3 is 3. The number of benzene rings is 1. The van der Waals surface area contributed by atoms with Gasteiger partial charge in [0.2, 0.25) is 5.88 Å². The fourth-order valence-electron chi connectivity index (χ4n) is 1.77. The minimum Gasteiger partial charge on any atom is -0.480 e. The lowest BCUT2D eigenvalue weighted by molar-refractivity contribution is 0.0601. The molecule has 0 saturated heterocycles. The Balaban J connectivity index is 2.49. The Bertz CT molecular complexity index is 676. The molecule has 2 rings (SSSR count). The Morgan fingerprint density at radius 1 is 1.14 bits per heavy atom. The zero-order valence-electron chi connectivity index (χ0n) is 11.7. The summed E-state index contributed by atoms with van der Waals surface area (Å²) in [6.45, 7) is 0. The molecule has 0 unspecified atom stereocenters. The number of hydrogen-bond donors (Lipinski definition) is 0. The fraction of sp³-hybridized carbons (Fsp3) is 0.214. The first kappa shape index (κ1) is 15.1. The molecule has 0 spiro atoms. The van der Waals surface area contributed by atoms with E-state index < -0.39 is 5.97 Å². The Morgan fingerprint density at radius 2 is 1.90 bits per heavy atom. The predicted molar refractivity (Wildman–Crippen MR) is 76.9 cm³/mol. The molecule has 0 aliphatic carbocycles. The Hall–Kier alpha value is -2.34. The fourth-order valence-corrected chi connectivity index (χ4v) is 2.05. The first-order chi connectivity index (χ1) is 10.1. The number of carbonyl (C=O) groups is 1. The van der Waals surface area contributed by atoms with E-state index in [1.807, 2.05) is 0 Å². The first-order valence-corrected chi connectivity index (χ1v) is 6.31. The molecule has 1 aromatic carbocycles. The molecule has 0 saturated carbocycles. The summed E-state index contributed by atoms with van der Waals surface area (Å²) in [5.74, 6) is -0.129. The van der Waals surface area contributed by atoms with Crippen molar-refractivity contribution in [1.82, 2.24) is 9.97 Å². The molecule has 110 valence electrons. The van der Waals surface area contributed by atoms with Crippen LogP contribution in [-0.4, -0.2) is 37.3 Å². The van der Waals surface area contributed by atoms with Crippen LogP contribution >= 0.6 is 11.6 Å². The number of aromatic nitrogens is 2. The Labute approximate surface area is 126 Å². The maximum absolute atomic E-state index is 11.5. The lowest BCUT2D eigenvalue weighted by Crippen LogP contribution is -2.01. The van der Waals surface area contributed by atoms with Gasteiger partial charge in [-0.1, -0.05) is 17.7 Å². The second-order valence-corrected chi connectivity index (χ2v) is 4.37. The van der Waals surface area contributed by atoms with Crippen LogP contribution in [0.4, 0.5) is 0 Å². The summed E-state index contributed by atoms with van der Waals surface area (Å²) in [6.07, 6.45) is 1.55. The van der Waals surface area contributed by atoms with Gasteiger partial charge in [0.1, 0.15) is 0 Å². The molecule has 0 amide bonds. The Morgan fingerprint density at radius 3 is 2.48 bits per heavy atom. The van der Waals surface area contributed by atoms with E-state index in [0.29, 0.717) is 27.6 Å². The van der Waals surface area contributed by atoms with Crippen LogP contribution in [0, 0.1) is 0 Å². The van der Waals surface area contributed by atoms with Gasteiger partial charge < -0.3 is 14.2 Å². The van der Waals surface area contributed by atoms with Crippen LogP contribution in [0.2, 0.25) is 5.02 Å². The van der Waals surface area contributed by atoms with Crippen LogP contribution < -0.4 is 9.47 Å². The summed E-state index contributed by atoms with van der Waals surface area (Å²) in [4.78, 5) is 19.6. The van der Waals surface area contributed by atoms with Gasteiger partial charge in [-0.2, -0.15) is 4.98 Å². The zero-order chi connectivity index (χ0) is 15.4. The normalized spacial score (nSPS) is 10.1. The molecule has 21 heavy (non-hydrogen) atoms. The van der Waals surface area contributed by atoms with Crippen LogP contribution in [0.3, 0.4) is 0 Å². The third-order valence-corrected chi connectivity index (χ3v) is 3.10. The van der Waals surface area contributed by atoms with Gasteiger partial charge >= 0.3 is 12.0 Å². The quantitative estimate of drug-likeness (QED) is 0.809. The summed E-state index contributed by atoms with van der Waals surface area (Å²) >= 11 is 6.22. The number of nitrogens with zero attached hydrogens (tertiary/aromatic N) is 2. The number of ether oxygens (including phenoxy) is 3. The van der Waals surface area contributed by atoms with Crippen molar-refractivity contribution in [1.29, 1.82) is 0 Å². The van der Waals surface area contributed by atoms with Crippen molar-refractivity contribution in [3.8, 4) is 23.0 Å². The van der Waals surface area contributed by atoms with E-state index in [1.165, 1.54) is 27.4 Å². The van der Waals surface area contributed by atoms with Crippen molar-refractivity contribution in [2.24, 2.45) is 0 Å². The smallest absolute Gasteiger partial charge is 0.337 e. The number of halogens is 1. The van der Waals surface area contributed by atoms with Gasteiger partial charge in [0, 0.05) is 16.8 Å². The minimum atomic E-state index is -0.457. The van der Waals surface area contributed by atoms with Crippen molar-refractivity contribution in [3.05, 3.63) is 35.0 Å². The molecule has 0 atom stereocenters. The summed E-state index contributed by atoms with van der Waals surface area (Å²) in [5.41, 5.74) is 1.60. The average Bonchev–Trinajstić information content (AvgIpc) is 2.53. The zero-order valence-corrected chi connectivity index (χ0v) is 12.5. The first-order valence-electron chi connectivity index (χ1n) is 5.94. The highest BCUT2D eigenvalue weighted by Gasteiger charge is 2.15. The summed E-state index contributed by atoms with van der Waals surface area (Å²) in [7, 11) is 4.26. The van der Waals surface area contributed by atoms with Gasteiger partial charge in [0.25, 0.3) is 0 Å². The van der Waals surface area contributed by atoms with Gasteiger partial charge in [-0.3, -0.25) is 0 Å². The van der Waals surface area contributed by atoms with E-state index in [0.717, 1.165) is 0 Å². The van der Waals surface area contributed by atoms with Gasteiger partial charge in [-0.15, -0.1) is 0 Å². The molecular weight excluding hydrogens is 296 g/mol. The maximum Gasteiger partial charge on any atom is 0.337 e. The van der Waals surface area contributed by atoms with Gasteiger partial charge in [0.15, 0.2) is 0 Å². The van der Waals surface area contributed by atoms with E-state index in [9.17, 15) is 4.79 Å². The van der Waals surface area contributed by atoms with Crippen molar-refractivity contribution in [2.75, 3.05) is 21.3 Å².